The average molecular weight is 388 g/mol. The van der Waals surface area contributed by atoms with Gasteiger partial charge in [0.2, 0.25) is 0 Å². The molecule has 2 aromatic carbocycles. The molecule has 0 amide bonds. The van der Waals surface area contributed by atoms with Gasteiger partial charge < -0.3 is 19.1 Å². The first-order valence-corrected chi connectivity index (χ1v) is 9.36. The SMILES string of the molecule is Cc1c2c(=O)n(-c3ccccc3)nc-2cc([O-])n1Cc1ccc2c(c1)OCCO2. The zero-order chi connectivity index (χ0) is 20.0. The summed E-state index contributed by atoms with van der Waals surface area (Å²) in [5.74, 6) is 1.16. The lowest BCUT2D eigenvalue weighted by molar-refractivity contribution is -0.279. The highest BCUT2D eigenvalue weighted by atomic mass is 16.6. The third-order valence-electron chi connectivity index (χ3n) is 5.11. The second-order valence-electron chi connectivity index (χ2n) is 6.94. The van der Waals surface area contributed by atoms with E-state index in [9.17, 15) is 9.90 Å². The van der Waals surface area contributed by atoms with Crippen molar-refractivity contribution >= 4 is 0 Å². The Hall–Kier alpha value is -3.74. The Kier molecular flexibility index (Phi) is 4.01. The van der Waals surface area contributed by atoms with Gasteiger partial charge in [0.1, 0.15) is 13.2 Å². The van der Waals surface area contributed by atoms with E-state index in [1.165, 1.54) is 10.7 Å². The first kappa shape index (κ1) is 17.4. The number of benzene rings is 2. The molecule has 29 heavy (non-hydrogen) atoms. The number of pyridine rings is 1. The van der Waals surface area contributed by atoms with Crippen molar-refractivity contribution < 1.29 is 14.6 Å². The topological polar surface area (TPSA) is 81.3 Å². The van der Waals surface area contributed by atoms with Crippen LogP contribution >= 0.6 is 0 Å². The highest BCUT2D eigenvalue weighted by Gasteiger charge is 2.21. The maximum atomic E-state index is 13.0. The molecule has 0 fully saturated rings. The summed E-state index contributed by atoms with van der Waals surface area (Å²) in [5, 5.41) is 17.1. The van der Waals surface area contributed by atoms with Gasteiger partial charge in [-0.2, -0.15) is 9.78 Å². The molecule has 7 heteroatoms. The number of aromatic nitrogens is 3. The fourth-order valence-corrected chi connectivity index (χ4v) is 3.66. The van der Waals surface area contributed by atoms with E-state index in [-0.39, 0.29) is 11.4 Å². The van der Waals surface area contributed by atoms with Gasteiger partial charge in [-0.25, -0.2) is 0 Å². The molecule has 3 heterocycles. The standard InChI is InChI=1S/C22H19N3O4/c1-14-21-17(23-25(22(21)27)16-5-3-2-4-6-16)12-20(26)24(14)13-15-7-8-18-19(11-15)29-10-9-28-18/h2-8,11-12,26H,9-10,13H2,1H3/p-1. The van der Waals surface area contributed by atoms with E-state index in [4.69, 9.17) is 9.47 Å². The van der Waals surface area contributed by atoms with E-state index in [2.05, 4.69) is 5.10 Å². The van der Waals surface area contributed by atoms with Gasteiger partial charge in [-0.3, -0.25) is 4.79 Å². The van der Waals surface area contributed by atoms with Crippen molar-refractivity contribution in [3.8, 4) is 34.3 Å². The van der Waals surface area contributed by atoms with Gasteiger partial charge in [0.15, 0.2) is 11.5 Å². The van der Waals surface area contributed by atoms with Crippen LogP contribution in [0.5, 0.6) is 17.4 Å². The maximum absolute atomic E-state index is 13.0. The molecular weight excluding hydrogens is 370 g/mol. The van der Waals surface area contributed by atoms with E-state index in [1.807, 2.05) is 48.5 Å². The fraction of sp³-hybridized carbons (Fsp3) is 0.182. The molecule has 3 aliphatic rings. The molecule has 2 aromatic rings. The van der Waals surface area contributed by atoms with E-state index in [0.29, 0.717) is 53.9 Å². The van der Waals surface area contributed by atoms with Crippen LogP contribution in [0.2, 0.25) is 0 Å². The molecule has 0 saturated carbocycles. The lowest BCUT2D eigenvalue weighted by atomic mass is 10.1. The number of ether oxygens (including phenoxy) is 2. The zero-order valence-electron chi connectivity index (χ0n) is 15.8. The van der Waals surface area contributed by atoms with Crippen molar-refractivity contribution in [2.75, 3.05) is 13.2 Å². The summed E-state index contributed by atoms with van der Waals surface area (Å²) in [5.41, 5.74) is 2.76. The summed E-state index contributed by atoms with van der Waals surface area (Å²) in [7, 11) is 0. The van der Waals surface area contributed by atoms with Crippen LogP contribution in [0, 0.1) is 6.92 Å². The number of nitrogens with zero attached hydrogens (tertiary/aromatic N) is 3. The van der Waals surface area contributed by atoms with Crippen LogP contribution < -0.4 is 20.1 Å². The van der Waals surface area contributed by atoms with Gasteiger partial charge in [-0.05, 0) is 48.7 Å². The molecule has 0 aromatic heterocycles. The lowest BCUT2D eigenvalue weighted by Gasteiger charge is -2.23. The first-order chi connectivity index (χ1) is 14.1. The van der Waals surface area contributed by atoms with Crippen LogP contribution in [0.1, 0.15) is 11.3 Å². The van der Waals surface area contributed by atoms with E-state index < -0.39 is 0 Å². The van der Waals surface area contributed by atoms with Crippen molar-refractivity contribution in [2.45, 2.75) is 13.5 Å². The minimum Gasteiger partial charge on any atom is -0.860 e. The van der Waals surface area contributed by atoms with Gasteiger partial charge in [-0.15, -0.1) is 0 Å². The summed E-state index contributed by atoms with van der Waals surface area (Å²) in [6.07, 6.45) is 0. The number of para-hydroxylation sites is 1. The Morgan fingerprint density at radius 2 is 1.79 bits per heavy atom. The van der Waals surface area contributed by atoms with Gasteiger partial charge in [-0.1, -0.05) is 24.3 Å². The molecule has 0 bridgehead atoms. The third-order valence-corrected chi connectivity index (χ3v) is 5.11. The van der Waals surface area contributed by atoms with Crippen molar-refractivity contribution in [2.24, 2.45) is 0 Å². The van der Waals surface area contributed by atoms with Crippen LogP contribution in [-0.4, -0.2) is 27.6 Å². The average Bonchev–Trinajstić information content (AvgIpc) is 3.07. The largest absolute Gasteiger partial charge is 0.860 e. The monoisotopic (exact) mass is 388 g/mol. The number of hydrogen-bond donors (Lipinski definition) is 0. The minimum atomic E-state index is -0.236. The molecule has 0 saturated heterocycles. The van der Waals surface area contributed by atoms with Crippen molar-refractivity contribution in [1.29, 1.82) is 0 Å². The second-order valence-corrected chi connectivity index (χ2v) is 6.94. The summed E-state index contributed by atoms with van der Waals surface area (Å²) < 4.78 is 14.1. The number of rotatable bonds is 3. The highest BCUT2D eigenvalue weighted by Crippen LogP contribution is 2.32. The Labute approximate surface area is 166 Å². The molecule has 0 radical (unpaired) electrons. The Bertz CT molecular complexity index is 1230. The van der Waals surface area contributed by atoms with Crippen molar-refractivity contribution in [1.82, 2.24) is 14.3 Å². The molecule has 146 valence electrons. The van der Waals surface area contributed by atoms with E-state index in [0.717, 1.165) is 5.56 Å². The van der Waals surface area contributed by atoms with Gasteiger partial charge in [0.25, 0.3) is 5.56 Å². The highest BCUT2D eigenvalue weighted by molar-refractivity contribution is 5.65. The van der Waals surface area contributed by atoms with Crippen LogP contribution in [0.25, 0.3) is 16.9 Å². The lowest BCUT2D eigenvalue weighted by Crippen LogP contribution is -2.19. The smallest absolute Gasteiger partial charge is 0.282 e. The normalized spacial score (nSPS) is 13.0. The van der Waals surface area contributed by atoms with Crippen LogP contribution in [0.4, 0.5) is 0 Å². The minimum absolute atomic E-state index is 0.206. The van der Waals surface area contributed by atoms with E-state index in [1.54, 1.807) is 11.5 Å². The Morgan fingerprint density at radius 1 is 1.03 bits per heavy atom. The van der Waals surface area contributed by atoms with Crippen molar-refractivity contribution in [3.63, 3.8) is 0 Å². The molecule has 3 aliphatic heterocycles. The van der Waals surface area contributed by atoms with Crippen LogP contribution in [-0.2, 0) is 6.54 Å². The van der Waals surface area contributed by atoms with Gasteiger partial charge in [0.05, 0.1) is 16.9 Å². The number of hydrogen-bond acceptors (Lipinski definition) is 5. The summed E-state index contributed by atoms with van der Waals surface area (Å²) in [6.45, 7) is 3.13. The molecule has 0 unspecified atom stereocenters. The molecular formula is C22H18N3O4-. The summed E-state index contributed by atoms with van der Waals surface area (Å²) in [4.78, 5) is 13.0. The van der Waals surface area contributed by atoms with Crippen LogP contribution in [0.15, 0.2) is 59.4 Å². The predicted octanol–water partition coefficient (Wildman–Crippen LogP) is 2.34. The van der Waals surface area contributed by atoms with Crippen molar-refractivity contribution in [3.05, 3.63) is 76.2 Å². The quantitative estimate of drug-likeness (QED) is 0.538. The second kappa shape index (κ2) is 6.70. The van der Waals surface area contributed by atoms with Gasteiger partial charge in [0, 0.05) is 12.2 Å². The Balaban J connectivity index is 1.59. The molecule has 5 rings (SSSR count). The summed E-state index contributed by atoms with van der Waals surface area (Å²) >= 11 is 0. The molecule has 0 N–H and O–H groups in total. The molecule has 0 aliphatic carbocycles. The molecule has 0 atom stereocenters. The number of fused-ring (bicyclic) bond motifs is 2. The predicted molar refractivity (Wildman–Crippen MR) is 105 cm³/mol. The molecule has 0 spiro atoms. The Morgan fingerprint density at radius 3 is 2.59 bits per heavy atom. The van der Waals surface area contributed by atoms with Gasteiger partial charge >= 0.3 is 0 Å². The van der Waals surface area contributed by atoms with Crippen LogP contribution in [0.3, 0.4) is 0 Å². The van der Waals surface area contributed by atoms with E-state index >= 15 is 0 Å². The maximum Gasteiger partial charge on any atom is 0.282 e. The third kappa shape index (κ3) is 2.91. The fourth-order valence-electron chi connectivity index (χ4n) is 3.66. The molecule has 7 nitrogen and oxygen atoms in total. The first-order valence-electron chi connectivity index (χ1n) is 9.36. The zero-order valence-corrected chi connectivity index (χ0v) is 15.8. The summed E-state index contributed by atoms with van der Waals surface area (Å²) in [6, 6.07) is 16.2.